The Morgan fingerprint density at radius 3 is 2.84 bits per heavy atom. The number of nitrogens with one attached hydrogen (secondary N) is 1. The third-order valence-electron chi connectivity index (χ3n) is 3.26. The molecule has 0 radical (unpaired) electrons. The molecule has 0 atom stereocenters. The molecule has 0 saturated heterocycles. The zero-order valence-corrected chi connectivity index (χ0v) is 11.4. The molecule has 1 heterocycles. The first kappa shape index (κ1) is 13.7. The highest BCUT2D eigenvalue weighted by molar-refractivity contribution is 5.82. The molecule has 1 aliphatic heterocycles. The number of hydrogen-bond acceptors (Lipinski definition) is 4. The summed E-state index contributed by atoms with van der Waals surface area (Å²) in [5.74, 6) is 1.53. The summed E-state index contributed by atoms with van der Waals surface area (Å²) < 4.78 is 10.6. The molecular formula is C14H20N2O3. The number of nitrogens with two attached hydrogens (primary N) is 1. The smallest absolute Gasteiger partial charge is 0.231 e. The van der Waals surface area contributed by atoms with Crippen LogP contribution in [0.5, 0.6) is 11.5 Å². The highest BCUT2D eigenvalue weighted by Gasteiger charge is 2.25. The number of benzene rings is 1. The Bertz CT molecular complexity index is 472. The van der Waals surface area contributed by atoms with Gasteiger partial charge in [-0.25, -0.2) is 0 Å². The van der Waals surface area contributed by atoms with Crippen molar-refractivity contribution < 1.29 is 14.3 Å². The Balaban J connectivity index is 1.85. The lowest BCUT2D eigenvalue weighted by Gasteiger charge is -2.21. The second-order valence-corrected chi connectivity index (χ2v) is 5.28. The molecule has 2 rings (SSSR count). The summed E-state index contributed by atoms with van der Waals surface area (Å²) in [6.07, 6.45) is 0.753. The minimum absolute atomic E-state index is 0.0178. The third kappa shape index (κ3) is 3.17. The van der Waals surface area contributed by atoms with E-state index in [9.17, 15) is 4.79 Å². The highest BCUT2D eigenvalue weighted by Crippen LogP contribution is 2.32. The van der Waals surface area contributed by atoms with Gasteiger partial charge < -0.3 is 20.5 Å². The first-order chi connectivity index (χ1) is 9.03. The van der Waals surface area contributed by atoms with Crippen LogP contribution in [0, 0.1) is 5.41 Å². The Hall–Kier alpha value is -1.75. The Morgan fingerprint density at radius 2 is 2.11 bits per heavy atom. The van der Waals surface area contributed by atoms with Gasteiger partial charge >= 0.3 is 0 Å². The maximum Gasteiger partial charge on any atom is 0.231 e. The van der Waals surface area contributed by atoms with Crippen molar-refractivity contribution in [1.82, 2.24) is 5.32 Å². The fourth-order valence-electron chi connectivity index (χ4n) is 1.75. The number of amides is 1. The van der Waals surface area contributed by atoms with E-state index in [4.69, 9.17) is 15.2 Å². The van der Waals surface area contributed by atoms with E-state index in [1.54, 1.807) is 0 Å². The van der Waals surface area contributed by atoms with Gasteiger partial charge in [0.25, 0.3) is 0 Å². The summed E-state index contributed by atoms with van der Waals surface area (Å²) in [6, 6.07) is 5.82. The van der Waals surface area contributed by atoms with Crippen molar-refractivity contribution >= 4 is 5.91 Å². The van der Waals surface area contributed by atoms with Crippen molar-refractivity contribution in [3.8, 4) is 11.5 Å². The molecule has 19 heavy (non-hydrogen) atoms. The van der Waals surface area contributed by atoms with E-state index >= 15 is 0 Å². The minimum atomic E-state index is -0.519. The summed E-state index contributed by atoms with van der Waals surface area (Å²) in [6.45, 7) is 4.87. The highest BCUT2D eigenvalue weighted by atomic mass is 16.7. The Kier molecular flexibility index (Phi) is 3.95. The average molecular weight is 264 g/mol. The van der Waals surface area contributed by atoms with Gasteiger partial charge in [0.15, 0.2) is 11.5 Å². The molecule has 5 nitrogen and oxygen atoms in total. The third-order valence-corrected chi connectivity index (χ3v) is 3.26. The lowest BCUT2D eigenvalue weighted by atomic mass is 9.92. The lowest BCUT2D eigenvalue weighted by molar-refractivity contribution is -0.128. The molecular weight excluding hydrogens is 244 g/mol. The van der Waals surface area contributed by atoms with Crippen LogP contribution in [0.2, 0.25) is 0 Å². The van der Waals surface area contributed by atoms with Crippen LogP contribution in [0.25, 0.3) is 0 Å². The zero-order valence-electron chi connectivity index (χ0n) is 11.4. The molecule has 104 valence electrons. The van der Waals surface area contributed by atoms with Crippen molar-refractivity contribution in [3.63, 3.8) is 0 Å². The quantitative estimate of drug-likeness (QED) is 0.834. The summed E-state index contributed by atoms with van der Waals surface area (Å²) >= 11 is 0. The monoisotopic (exact) mass is 264 g/mol. The van der Waals surface area contributed by atoms with Crippen molar-refractivity contribution in [2.24, 2.45) is 11.1 Å². The SMILES string of the molecule is CC(C)(CN)C(=O)NCCc1ccc2c(c1)OCO2. The van der Waals surface area contributed by atoms with Gasteiger partial charge in [-0.2, -0.15) is 0 Å². The van der Waals surface area contributed by atoms with E-state index in [0.29, 0.717) is 13.1 Å². The number of fused-ring (bicyclic) bond motifs is 1. The van der Waals surface area contributed by atoms with E-state index in [0.717, 1.165) is 23.5 Å². The number of carbonyl (C=O) groups is 1. The van der Waals surface area contributed by atoms with Crippen LogP contribution in [-0.2, 0) is 11.2 Å². The minimum Gasteiger partial charge on any atom is -0.454 e. The van der Waals surface area contributed by atoms with E-state index in [1.165, 1.54) is 0 Å². The van der Waals surface area contributed by atoms with Crippen molar-refractivity contribution in [3.05, 3.63) is 23.8 Å². The number of rotatable bonds is 5. The van der Waals surface area contributed by atoms with Crippen molar-refractivity contribution in [2.45, 2.75) is 20.3 Å². The zero-order chi connectivity index (χ0) is 13.9. The molecule has 3 N–H and O–H groups in total. The van der Waals surface area contributed by atoms with Crippen LogP contribution in [0.1, 0.15) is 19.4 Å². The normalized spacial score (nSPS) is 13.4. The topological polar surface area (TPSA) is 73.6 Å². The van der Waals surface area contributed by atoms with Crippen LogP contribution in [0.3, 0.4) is 0 Å². The van der Waals surface area contributed by atoms with Crippen LogP contribution in [0.4, 0.5) is 0 Å². The second kappa shape index (κ2) is 5.48. The van der Waals surface area contributed by atoms with E-state index in [1.807, 2.05) is 32.0 Å². The number of carbonyl (C=O) groups excluding carboxylic acids is 1. The molecule has 1 aromatic rings. The van der Waals surface area contributed by atoms with Gasteiger partial charge in [-0.15, -0.1) is 0 Å². The van der Waals surface area contributed by atoms with Crippen molar-refractivity contribution in [2.75, 3.05) is 19.9 Å². The molecule has 1 amide bonds. The van der Waals surface area contributed by atoms with Gasteiger partial charge in [0, 0.05) is 13.1 Å². The van der Waals surface area contributed by atoms with Gasteiger partial charge in [0.05, 0.1) is 5.41 Å². The molecule has 0 fully saturated rings. The fraction of sp³-hybridized carbons (Fsp3) is 0.500. The molecule has 1 aromatic carbocycles. The van der Waals surface area contributed by atoms with E-state index in [-0.39, 0.29) is 12.7 Å². The predicted molar refractivity (Wildman–Crippen MR) is 72.1 cm³/mol. The maximum absolute atomic E-state index is 11.8. The van der Waals surface area contributed by atoms with Crippen LogP contribution >= 0.6 is 0 Å². The van der Waals surface area contributed by atoms with Gasteiger partial charge in [0.2, 0.25) is 12.7 Å². The standard InChI is InChI=1S/C14H20N2O3/c1-14(2,8-15)13(17)16-6-5-10-3-4-11-12(7-10)19-9-18-11/h3-4,7H,5-6,8-9,15H2,1-2H3,(H,16,17). The van der Waals surface area contributed by atoms with E-state index < -0.39 is 5.41 Å². The summed E-state index contributed by atoms with van der Waals surface area (Å²) in [4.78, 5) is 11.8. The van der Waals surface area contributed by atoms with Gasteiger partial charge in [-0.05, 0) is 38.0 Å². The first-order valence-electron chi connectivity index (χ1n) is 6.40. The predicted octanol–water partition coefficient (Wildman–Crippen LogP) is 1.06. The van der Waals surface area contributed by atoms with Crippen LogP contribution < -0.4 is 20.5 Å². The Morgan fingerprint density at radius 1 is 1.37 bits per heavy atom. The summed E-state index contributed by atoms with van der Waals surface area (Å²) in [7, 11) is 0. The fourth-order valence-corrected chi connectivity index (χ4v) is 1.75. The van der Waals surface area contributed by atoms with Crippen molar-refractivity contribution in [1.29, 1.82) is 0 Å². The molecule has 0 saturated carbocycles. The van der Waals surface area contributed by atoms with Gasteiger partial charge in [-0.1, -0.05) is 6.07 Å². The molecule has 0 unspecified atom stereocenters. The molecule has 0 aliphatic carbocycles. The Labute approximate surface area is 113 Å². The second-order valence-electron chi connectivity index (χ2n) is 5.28. The average Bonchev–Trinajstić information content (AvgIpc) is 2.86. The largest absolute Gasteiger partial charge is 0.454 e. The van der Waals surface area contributed by atoms with Crippen LogP contribution in [-0.4, -0.2) is 25.8 Å². The van der Waals surface area contributed by atoms with Gasteiger partial charge in [-0.3, -0.25) is 4.79 Å². The molecule has 1 aliphatic rings. The molecule has 0 bridgehead atoms. The maximum atomic E-state index is 11.8. The summed E-state index contributed by atoms with van der Waals surface area (Å²) in [5, 5.41) is 2.90. The first-order valence-corrected chi connectivity index (χ1v) is 6.40. The number of ether oxygens (including phenoxy) is 2. The number of hydrogen-bond donors (Lipinski definition) is 2. The summed E-state index contributed by atoms with van der Waals surface area (Å²) in [5.41, 5.74) is 6.15. The molecule has 5 heteroatoms. The van der Waals surface area contributed by atoms with Gasteiger partial charge in [0.1, 0.15) is 0 Å². The van der Waals surface area contributed by atoms with E-state index in [2.05, 4.69) is 5.32 Å². The molecule has 0 aromatic heterocycles. The molecule has 0 spiro atoms. The lowest BCUT2D eigenvalue weighted by Crippen LogP contribution is -2.42. The van der Waals surface area contributed by atoms with Crippen LogP contribution in [0.15, 0.2) is 18.2 Å².